The molecular formula is C17H18ClN. The summed E-state index contributed by atoms with van der Waals surface area (Å²) >= 11 is 6.23. The summed E-state index contributed by atoms with van der Waals surface area (Å²) in [5.74, 6) is 0. The van der Waals surface area contributed by atoms with Crippen molar-refractivity contribution in [2.45, 2.75) is 39.0 Å². The van der Waals surface area contributed by atoms with Crippen molar-refractivity contribution < 1.29 is 0 Å². The lowest BCUT2D eigenvalue weighted by Crippen LogP contribution is -2.13. The van der Waals surface area contributed by atoms with Crippen molar-refractivity contribution in [3.8, 4) is 11.1 Å². The van der Waals surface area contributed by atoms with Gasteiger partial charge in [-0.1, -0.05) is 50.6 Å². The number of aryl methyl sites for hydroxylation is 1. The third kappa shape index (κ3) is 2.17. The summed E-state index contributed by atoms with van der Waals surface area (Å²) < 4.78 is 0. The van der Waals surface area contributed by atoms with Gasteiger partial charge in [-0.15, -0.1) is 0 Å². The van der Waals surface area contributed by atoms with Crippen LogP contribution in [0.5, 0.6) is 0 Å². The highest BCUT2D eigenvalue weighted by Gasteiger charge is 2.21. The zero-order valence-electron chi connectivity index (χ0n) is 11.6. The van der Waals surface area contributed by atoms with E-state index < -0.39 is 0 Å². The van der Waals surface area contributed by atoms with Crippen molar-refractivity contribution >= 4 is 11.6 Å². The largest absolute Gasteiger partial charge is 0.244 e. The molecule has 98 valence electrons. The smallest absolute Gasteiger partial charge is 0.132 e. The van der Waals surface area contributed by atoms with E-state index in [1.807, 2.05) is 0 Å². The molecule has 19 heavy (non-hydrogen) atoms. The van der Waals surface area contributed by atoms with Crippen molar-refractivity contribution in [3.05, 3.63) is 52.3 Å². The zero-order chi connectivity index (χ0) is 13.6. The van der Waals surface area contributed by atoms with Crippen LogP contribution in [0.25, 0.3) is 11.1 Å². The van der Waals surface area contributed by atoms with Gasteiger partial charge >= 0.3 is 0 Å². The van der Waals surface area contributed by atoms with Crippen molar-refractivity contribution in [1.82, 2.24) is 4.98 Å². The van der Waals surface area contributed by atoms with E-state index >= 15 is 0 Å². The van der Waals surface area contributed by atoms with E-state index in [-0.39, 0.29) is 5.41 Å². The molecule has 0 atom stereocenters. The summed E-state index contributed by atoms with van der Waals surface area (Å²) in [5.41, 5.74) is 6.74. The Hall–Kier alpha value is -1.34. The minimum atomic E-state index is 0.170. The molecule has 2 aromatic rings. The molecule has 0 unspecified atom stereocenters. The Labute approximate surface area is 119 Å². The van der Waals surface area contributed by atoms with Crippen LogP contribution in [-0.4, -0.2) is 4.98 Å². The minimum absolute atomic E-state index is 0.170. The van der Waals surface area contributed by atoms with Gasteiger partial charge in [0.25, 0.3) is 0 Å². The number of nitrogens with zero attached hydrogens (tertiary/aromatic N) is 1. The van der Waals surface area contributed by atoms with Gasteiger partial charge in [0.15, 0.2) is 0 Å². The average Bonchev–Trinajstić information content (AvgIpc) is 2.37. The third-order valence-electron chi connectivity index (χ3n) is 3.91. The SMILES string of the molecule is CC(C)(C)c1ccc2c(c1)-c1ccnc(Cl)c1CC2. The summed E-state index contributed by atoms with van der Waals surface area (Å²) in [6, 6.07) is 8.94. The van der Waals surface area contributed by atoms with E-state index in [1.165, 1.54) is 27.8 Å². The average molecular weight is 272 g/mol. The second-order valence-corrected chi connectivity index (χ2v) is 6.61. The second-order valence-electron chi connectivity index (χ2n) is 6.25. The highest BCUT2D eigenvalue weighted by molar-refractivity contribution is 6.30. The standard InChI is InChI=1S/C17H18ClN/c1-17(2,3)12-6-4-11-5-7-14-13(15(11)10-12)8-9-19-16(14)18/h4,6,8-10H,5,7H2,1-3H3. The molecule has 3 rings (SSSR count). The predicted molar refractivity (Wildman–Crippen MR) is 80.8 cm³/mol. The van der Waals surface area contributed by atoms with E-state index in [9.17, 15) is 0 Å². The number of pyridine rings is 1. The fourth-order valence-corrected chi connectivity index (χ4v) is 2.98. The van der Waals surface area contributed by atoms with Crippen LogP contribution in [0.2, 0.25) is 5.15 Å². The molecule has 0 spiro atoms. The maximum absolute atomic E-state index is 6.23. The first-order chi connectivity index (χ1) is 8.97. The van der Waals surface area contributed by atoms with E-state index in [1.54, 1.807) is 6.20 Å². The fraction of sp³-hybridized carbons (Fsp3) is 0.353. The number of hydrogen-bond acceptors (Lipinski definition) is 1. The molecule has 0 radical (unpaired) electrons. The predicted octanol–water partition coefficient (Wildman–Crippen LogP) is 4.80. The number of aromatic nitrogens is 1. The first-order valence-corrected chi connectivity index (χ1v) is 7.12. The molecule has 0 amide bonds. The number of benzene rings is 1. The summed E-state index contributed by atoms with van der Waals surface area (Å²) in [4.78, 5) is 4.20. The Bertz CT molecular complexity index is 638. The van der Waals surface area contributed by atoms with Crippen molar-refractivity contribution in [1.29, 1.82) is 0 Å². The van der Waals surface area contributed by atoms with Crippen LogP contribution in [0.1, 0.15) is 37.5 Å². The lowest BCUT2D eigenvalue weighted by atomic mass is 9.80. The molecule has 0 N–H and O–H groups in total. The van der Waals surface area contributed by atoms with Gasteiger partial charge in [-0.05, 0) is 52.1 Å². The van der Waals surface area contributed by atoms with Crippen LogP contribution >= 0.6 is 11.6 Å². The second kappa shape index (κ2) is 4.35. The van der Waals surface area contributed by atoms with Gasteiger partial charge in [0.05, 0.1) is 0 Å². The van der Waals surface area contributed by atoms with E-state index in [4.69, 9.17) is 11.6 Å². The Morgan fingerprint density at radius 2 is 1.84 bits per heavy atom. The van der Waals surface area contributed by atoms with Gasteiger partial charge < -0.3 is 0 Å². The minimum Gasteiger partial charge on any atom is -0.244 e. The lowest BCUT2D eigenvalue weighted by Gasteiger charge is -2.25. The maximum Gasteiger partial charge on any atom is 0.132 e. The van der Waals surface area contributed by atoms with E-state index in [2.05, 4.69) is 50.0 Å². The molecule has 1 aromatic carbocycles. The quantitative estimate of drug-likeness (QED) is 0.627. The van der Waals surface area contributed by atoms with Crippen LogP contribution in [-0.2, 0) is 18.3 Å². The molecular weight excluding hydrogens is 254 g/mol. The first kappa shape index (κ1) is 12.7. The van der Waals surface area contributed by atoms with Gasteiger partial charge in [0.2, 0.25) is 0 Å². The topological polar surface area (TPSA) is 12.9 Å². The molecule has 1 heterocycles. The van der Waals surface area contributed by atoms with Crippen LogP contribution in [0.4, 0.5) is 0 Å². The van der Waals surface area contributed by atoms with Crippen molar-refractivity contribution in [3.63, 3.8) is 0 Å². The van der Waals surface area contributed by atoms with Gasteiger partial charge in [0.1, 0.15) is 5.15 Å². The molecule has 1 nitrogen and oxygen atoms in total. The molecule has 0 fully saturated rings. The highest BCUT2D eigenvalue weighted by Crippen LogP contribution is 2.38. The molecule has 1 aromatic heterocycles. The Morgan fingerprint density at radius 3 is 2.58 bits per heavy atom. The van der Waals surface area contributed by atoms with Gasteiger partial charge in [-0.25, -0.2) is 4.98 Å². The molecule has 0 bridgehead atoms. The van der Waals surface area contributed by atoms with Crippen molar-refractivity contribution in [2.24, 2.45) is 0 Å². The number of fused-ring (bicyclic) bond motifs is 3. The van der Waals surface area contributed by atoms with Gasteiger partial charge in [-0.2, -0.15) is 0 Å². The summed E-state index contributed by atoms with van der Waals surface area (Å²) in [5, 5.41) is 0.657. The number of rotatable bonds is 0. The Kier molecular flexibility index (Phi) is 2.90. The van der Waals surface area contributed by atoms with Crippen LogP contribution in [0.3, 0.4) is 0 Å². The number of halogens is 1. The monoisotopic (exact) mass is 271 g/mol. The molecule has 0 saturated carbocycles. The van der Waals surface area contributed by atoms with Crippen LogP contribution in [0.15, 0.2) is 30.5 Å². The maximum atomic E-state index is 6.23. The summed E-state index contributed by atoms with van der Waals surface area (Å²) in [6.45, 7) is 6.74. The highest BCUT2D eigenvalue weighted by atomic mass is 35.5. The Morgan fingerprint density at radius 1 is 1.05 bits per heavy atom. The lowest BCUT2D eigenvalue weighted by molar-refractivity contribution is 0.590. The molecule has 1 aliphatic carbocycles. The van der Waals surface area contributed by atoms with Crippen molar-refractivity contribution in [2.75, 3.05) is 0 Å². The van der Waals surface area contributed by atoms with E-state index in [0.717, 1.165) is 12.8 Å². The van der Waals surface area contributed by atoms with Gasteiger partial charge in [0, 0.05) is 6.20 Å². The normalized spacial score (nSPS) is 13.9. The molecule has 0 saturated heterocycles. The number of hydrogen-bond donors (Lipinski definition) is 0. The zero-order valence-corrected chi connectivity index (χ0v) is 12.4. The molecule has 1 aliphatic rings. The first-order valence-electron chi connectivity index (χ1n) is 6.74. The fourth-order valence-electron chi connectivity index (χ4n) is 2.73. The third-order valence-corrected chi connectivity index (χ3v) is 4.24. The van der Waals surface area contributed by atoms with E-state index in [0.29, 0.717) is 5.15 Å². The summed E-state index contributed by atoms with van der Waals surface area (Å²) in [6.07, 6.45) is 3.85. The molecule has 0 aliphatic heterocycles. The van der Waals surface area contributed by atoms with Crippen LogP contribution < -0.4 is 0 Å². The van der Waals surface area contributed by atoms with Crippen LogP contribution in [0, 0.1) is 0 Å². The Balaban J connectivity index is 2.22. The molecule has 2 heteroatoms. The van der Waals surface area contributed by atoms with Gasteiger partial charge in [-0.3, -0.25) is 0 Å². The summed E-state index contributed by atoms with van der Waals surface area (Å²) in [7, 11) is 0.